The number of anilines is 1. The van der Waals surface area contributed by atoms with Gasteiger partial charge in [0, 0.05) is 24.2 Å². The molecule has 3 aromatic rings. The van der Waals surface area contributed by atoms with Gasteiger partial charge < -0.3 is 20.4 Å². The van der Waals surface area contributed by atoms with E-state index in [1.807, 2.05) is 0 Å². The van der Waals surface area contributed by atoms with Gasteiger partial charge >= 0.3 is 0 Å². The lowest BCUT2D eigenvalue weighted by molar-refractivity contribution is 0.0392. The van der Waals surface area contributed by atoms with Crippen LogP contribution in [0.15, 0.2) is 24.5 Å². The first-order chi connectivity index (χ1) is 14.3. The highest BCUT2D eigenvalue weighted by atomic mass is 35.5. The van der Waals surface area contributed by atoms with Gasteiger partial charge in [-0.1, -0.05) is 11.6 Å². The Bertz CT molecular complexity index is 1090. The number of hydrogen-bond donors (Lipinski definition) is 4. The van der Waals surface area contributed by atoms with E-state index in [1.165, 1.54) is 36.5 Å². The highest BCUT2D eigenvalue weighted by Crippen LogP contribution is 2.28. The SMILES string of the molecule is CN(Cc1cc(Cl)ccc1F)C(=O)c1n[nH]c2ncnc(N[C@@H]3CC[C@@H](O)[C@H]3O)c12. The standard InChI is InChI=1S/C19H20ClFN6O3/c1-27(7-9-6-10(20)2-3-11(9)21)19(30)15-14-17(22-8-23-18(14)26-25-15)24-12-4-5-13(28)16(12)29/h2-3,6,8,12-13,16,28-29H,4-5,7H2,1H3,(H2,22,23,24,25,26)/t12-,13-,16+/m1/s1. The molecule has 0 aliphatic heterocycles. The molecule has 0 saturated heterocycles. The number of rotatable bonds is 5. The minimum Gasteiger partial charge on any atom is -0.390 e. The van der Waals surface area contributed by atoms with Crippen molar-refractivity contribution in [2.75, 3.05) is 12.4 Å². The third kappa shape index (κ3) is 3.81. The Hall–Kier alpha value is -2.82. The van der Waals surface area contributed by atoms with Crippen molar-refractivity contribution in [2.24, 2.45) is 0 Å². The van der Waals surface area contributed by atoms with E-state index in [0.29, 0.717) is 34.7 Å². The van der Waals surface area contributed by atoms with E-state index in [1.54, 1.807) is 0 Å². The quantitative estimate of drug-likeness (QED) is 0.481. The summed E-state index contributed by atoms with van der Waals surface area (Å²) < 4.78 is 14.1. The molecule has 158 valence electrons. The number of aromatic nitrogens is 4. The molecule has 0 bridgehead atoms. The lowest BCUT2D eigenvalue weighted by atomic mass is 10.1. The van der Waals surface area contributed by atoms with Gasteiger partial charge in [-0.3, -0.25) is 9.89 Å². The zero-order valence-corrected chi connectivity index (χ0v) is 16.8. The van der Waals surface area contributed by atoms with Crippen molar-refractivity contribution < 1.29 is 19.4 Å². The Kier molecular flexibility index (Phi) is 5.54. The molecule has 9 nitrogen and oxygen atoms in total. The molecule has 2 aromatic heterocycles. The van der Waals surface area contributed by atoms with Crippen molar-refractivity contribution in [2.45, 2.75) is 37.6 Å². The summed E-state index contributed by atoms with van der Waals surface area (Å²) in [5, 5.41) is 30.5. The van der Waals surface area contributed by atoms with Gasteiger partial charge in [0.1, 0.15) is 18.0 Å². The zero-order chi connectivity index (χ0) is 21.4. The van der Waals surface area contributed by atoms with Gasteiger partial charge in [-0.25, -0.2) is 14.4 Å². The summed E-state index contributed by atoms with van der Waals surface area (Å²) >= 11 is 5.93. The van der Waals surface area contributed by atoms with Crippen LogP contribution in [0.1, 0.15) is 28.9 Å². The van der Waals surface area contributed by atoms with Crippen LogP contribution in [-0.2, 0) is 6.54 Å². The molecule has 1 amide bonds. The first-order valence-electron chi connectivity index (χ1n) is 9.36. The highest BCUT2D eigenvalue weighted by Gasteiger charge is 2.34. The summed E-state index contributed by atoms with van der Waals surface area (Å²) in [5.74, 6) is -0.617. The Morgan fingerprint density at radius 2 is 2.17 bits per heavy atom. The molecule has 3 atom stereocenters. The van der Waals surface area contributed by atoms with Crippen molar-refractivity contribution in [3.05, 3.63) is 46.6 Å². The molecule has 0 spiro atoms. The van der Waals surface area contributed by atoms with Crippen LogP contribution in [0.3, 0.4) is 0 Å². The minimum atomic E-state index is -0.949. The van der Waals surface area contributed by atoms with Gasteiger partial charge in [-0.15, -0.1) is 0 Å². The number of carbonyl (C=O) groups is 1. The molecule has 4 N–H and O–H groups in total. The van der Waals surface area contributed by atoms with Crippen molar-refractivity contribution >= 4 is 34.4 Å². The number of nitrogens with one attached hydrogen (secondary N) is 2. The summed E-state index contributed by atoms with van der Waals surface area (Å²) in [6, 6.07) is 3.73. The average molecular weight is 435 g/mol. The third-order valence-corrected chi connectivity index (χ3v) is 5.46. The van der Waals surface area contributed by atoms with Gasteiger partial charge in [0.25, 0.3) is 5.91 Å². The van der Waals surface area contributed by atoms with E-state index < -0.39 is 30.0 Å². The Labute approximate surface area is 175 Å². The summed E-state index contributed by atoms with van der Waals surface area (Å²) in [6.45, 7) is -0.0104. The molecule has 0 radical (unpaired) electrons. The number of H-pyrrole nitrogens is 1. The Morgan fingerprint density at radius 3 is 2.90 bits per heavy atom. The maximum Gasteiger partial charge on any atom is 0.275 e. The number of benzene rings is 1. The van der Waals surface area contributed by atoms with E-state index in [0.717, 1.165) is 0 Å². The number of nitrogens with zero attached hydrogens (tertiary/aromatic N) is 4. The van der Waals surface area contributed by atoms with Gasteiger partial charge in [-0.05, 0) is 31.0 Å². The number of aromatic amines is 1. The van der Waals surface area contributed by atoms with Crippen LogP contribution in [0.2, 0.25) is 5.02 Å². The number of hydrogen-bond acceptors (Lipinski definition) is 7. The van der Waals surface area contributed by atoms with Crippen LogP contribution >= 0.6 is 11.6 Å². The second kappa shape index (κ2) is 8.13. The molecule has 11 heteroatoms. The molecular weight excluding hydrogens is 415 g/mol. The Morgan fingerprint density at radius 1 is 1.37 bits per heavy atom. The molecule has 30 heavy (non-hydrogen) atoms. The van der Waals surface area contributed by atoms with Crippen LogP contribution in [0.5, 0.6) is 0 Å². The summed E-state index contributed by atoms with van der Waals surface area (Å²) in [5.41, 5.74) is 0.674. The van der Waals surface area contributed by atoms with Gasteiger partial charge in [-0.2, -0.15) is 5.10 Å². The first kappa shape index (κ1) is 20.5. The van der Waals surface area contributed by atoms with Gasteiger partial charge in [0.15, 0.2) is 11.3 Å². The maximum absolute atomic E-state index is 14.1. The molecule has 0 unspecified atom stereocenters. The number of aliphatic hydroxyl groups is 2. The normalized spacial score (nSPS) is 21.2. The number of fused-ring (bicyclic) bond motifs is 1. The molecule has 1 aliphatic rings. The monoisotopic (exact) mass is 434 g/mol. The molecule has 4 rings (SSSR count). The van der Waals surface area contributed by atoms with Crippen LogP contribution in [0.25, 0.3) is 11.0 Å². The van der Waals surface area contributed by atoms with E-state index in [-0.39, 0.29) is 17.8 Å². The fourth-order valence-electron chi connectivity index (χ4n) is 3.59. The van der Waals surface area contributed by atoms with Crippen LogP contribution < -0.4 is 5.32 Å². The van der Waals surface area contributed by atoms with E-state index in [2.05, 4.69) is 25.5 Å². The van der Waals surface area contributed by atoms with Crippen molar-refractivity contribution in [3.63, 3.8) is 0 Å². The second-order valence-corrected chi connectivity index (χ2v) is 7.74. The van der Waals surface area contributed by atoms with Gasteiger partial charge in [0.2, 0.25) is 0 Å². The van der Waals surface area contributed by atoms with E-state index >= 15 is 0 Å². The van der Waals surface area contributed by atoms with E-state index in [4.69, 9.17) is 11.6 Å². The lowest BCUT2D eigenvalue weighted by Crippen LogP contribution is -2.34. The summed E-state index contributed by atoms with van der Waals surface area (Å²) in [4.78, 5) is 22.6. The average Bonchev–Trinajstić information content (AvgIpc) is 3.29. The predicted molar refractivity (Wildman–Crippen MR) is 108 cm³/mol. The van der Waals surface area contributed by atoms with Gasteiger partial charge in [0.05, 0.1) is 23.6 Å². The predicted octanol–water partition coefficient (Wildman–Crippen LogP) is 1.71. The van der Waals surface area contributed by atoms with Crippen molar-refractivity contribution in [1.29, 1.82) is 0 Å². The smallest absolute Gasteiger partial charge is 0.275 e. The maximum atomic E-state index is 14.1. The van der Waals surface area contributed by atoms with Crippen molar-refractivity contribution in [3.8, 4) is 0 Å². The zero-order valence-electron chi connectivity index (χ0n) is 16.0. The lowest BCUT2D eigenvalue weighted by Gasteiger charge is -2.20. The largest absolute Gasteiger partial charge is 0.390 e. The van der Waals surface area contributed by atoms with Crippen molar-refractivity contribution in [1.82, 2.24) is 25.1 Å². The number of amides is 1. The van der Waals surface area contributed by atoms with Crippen LogP contribution in [0.4, 0.5) is 10.2 Å². The Balaban J connectivity index is 1.62. The molecule has 1 aromatic carbocycles. The molecule has 1 fully saturated rings. The molecule has 2 heterocycles. The third-order valence-electron chi connectivity index (χ3n) is 5.22. The fourth-order valence-corrected chi connectivity index (χ4v) is 3.78. The summed E-state index contributed by atoms with van der Waals surface area (Å²) in [7, 11) is 1.52. The fraction of sp³-hybridized carbons (Fsp3) is 0.368. The summed E-state index contributed by atoms with van der Waals surface area (Å²) in [6.07, 6.45) is 0.541. The minimum absolute atomic E-state index is 0.0104. The second-order valence-electron chi connectivity index (χ2n) is 7.30. The topological polar surface area (TPSA) is 127 Å². The molecule has 1 saturated carbocycles. The first-order valence-corrected chi connectivity index (χ1v) is 9.74. The number of carbonyl (C=O) groups excluding carboxylic acids is 1. The molecular formula is C19H20ClFN6O3. The number of halogens is 2. The highest BCUT2D eigenvalue weighted by molar-refractivity contribution is 6.30. The molecule has 1 aliphatic carbocycles. The van der Waals surface area contributed by atoms with E-state index in [9.17, 15) is 19.4 Å². The number of aliphatic hydroxyl groups excluding tert-OH is 2. The van der Waals surface area contributed by atoms with Crippen LogP contribution in [-0.4, -0.2) is 66.5 Å². The van der Waals surface area contributed by atoms with Crippen LogP contribution in [0, 0.1) is 5.82 Å².